The lowest BCUT2D eigenvalue weighted by atomic mass is 10.0. The van der Waals surface area contributed by atoms with E-state index >= 15 is 0 Å². The fourth-order valence-corrected chi connectivity index (χ4v) is 2.28. The third kappa shape index (κ3) is 2.36. The van der Waals surface area contributed by atoms with Crippen LogP contribution in [0.3, 0.4) is 0 Å². The van der Waals surface area contributed by atoms with E-state index in [2.05, 4.69) is 15.3 Å². The fraction of sp³-hybridized carbons (Fsp3) is 0.214. The van der Waals surface area contributed by atoms with Crippen LogP contribution in [0.25, 0.3) is 17.0 Å². The van der Waals surface area contributed by atoms with Gasteiger partial charge in [-0.1, -0.05) is 23.7 Å². The average Bonchev–Trinajstić information content (AvgIpc) is 2.88. The quantitative estimate of drug-likeness (QED) is 0.790. The Morgan fingerprint density at radius 1 is 1.38 bits per heavy atom. The summed E-state index contributed by atoms with van der Waals surface area (Å²) in [5, 5.41) is 21.9. The molecule has 3 aromatic rings. The van der Waals surface area contributed by atoms with Gasteiger partial charge in [0.05, 0.1) is 11.2 Å². The molecule has 5 nitrogen and oxygen atoms in total. The Balaban J connectivity index is 2.22. The van der Waals surface area contributed by atoms with Gasteiger partial charge in [0.15, 0.2) is 16.6 Å². The van der Waals surface area contributed by atoms with Gasteiger partial charge in [0.25, 0.3) is 0 Å². The number of nitrogens with zero attached hydrogens (tertiary/aromatic N) is 4. The summed E-state index contributed by atoms with van der Waals surface area (Å²) >= 11 is 6.06. The van der Waals surface area contributed by atoms with Gasteiger partial charge in [0.2, 0.25) is 0 Å². The van der Waals surface area contributed by atoms with Gasteiger partial charge in [-0.2, -0.15) is 9.61 Å². The standard InChI is InChI=1S/C14H12ClFN4O/c1-14(2,21)9-7-11-17-18-13(20(11)19-12(9)15)8-5-3-4-6-10(8)16/h3-7,21H,1-2H3/i1D3. The van der Waals surface area contributed by atoms with Crippen LogP contribution in [0.4, 0.5) is 4.39 Å². The second kappa shape index (κ2) is 4.75. The second-order valence-electron chi connectivity index (χ2n) is 4.69. The van der Waals surface area contributed by atoms with Crippen molar-refractivity contribution in [3.8, 4) is 11.4 Å². The molecule has 1 unspecified atom stereocenters. The molecule has 108 valence electrons. The van der Waals surface area contributed by atoms with Crippen LogP contribution in [0, 0.1) is 5.82 Å². The smallest absolute Gasteiger partial charge is 0.188 e. The maximum atomic E-state index is 13.9. The lowest BCUT2D eigenvalue weighted by Gasteiger charge is -2.18. The van der Waals surface area contributed by atoms with E-state index < -0.39 is 18.3 Å². The molecule has 2 aromatic heterocycles. The van der Waals surface area contributed by atoms with Crippen molar-refractivity contribution in [1.82, 2.24) is 19.8 Å². The predicted octanol–water partition coefficient (Wildman–Crippen LogP) is 2.81. The minimum Gasteiger partial charge on any atom is -0.386 e. The van der Waals surface area contributed by atoms with E-state index in [9.17, 15) is 9.50 Å². The maximum Gasteiger partial charge on any atom is 0.188 e. The summed E-state index contributed by atoms with van der Waals surface area (Å²) in [6.45, 7) is -1.60. The Labute approximate surface area is 129 Å². The first-order valence-electron chi connectivity index (χ1n) is 7.52. The number of aromatic nitrogens is 4. The monoisotopic (exact) mass is 309 g/mol. The highest BCUT2D eigenvalue weighted by molar-refractivity contribution is 6.30. The average molecular weight is 310 g/mol. The van der Waals surface area contributed by atoms with Crippen LogP contribution in [-0.4, -0.2) is 24.9 Å². The summed E-state index contributed by atoms with van der Waals surface area (Å²) < 4.78 is 37.5. The molecule has 0 spiro atoms. The van der Waals surface area contributed by atoms with E-state index in [0.717, 1.165) is 6.92 Å². The zero-order chi connectivity index (χ0) is 17.7. The normalized spacial score (nSPS) is 17.0. The molecule has 0 aliphatic heterocycles. The molecule has 0 saturated carbocycles. The molecule has 0 aliphatic carbocycles. The number of fused-ring (bicyclic) bond motifs is 1. The van der Waals surface area contributed by atoms with Gasteiger partial charge < -0.3 is 5.11 Å². The van der Waals surface area contributed by atoms with Gasteiger partial charge in [-0.3, -0.25) is 0 Å². The van der Waals surface area contributed by atoms with E-state index in [-0.39, 0.29) is 27.8 Å². The molecule has 1 N–H and O–H groups in total. The van der Waals surface area contributed by atoms with Gasteiger partial charge in [-0.05, 0) is 32.0 Å². The fourth-order valence-electron chi connectivity index (χ4n) is 1.96. The Bertz CT molecular complexity index is 926. The zero-order valence-corrected chi connectivity index (χ0v) is 11.6. The van der Waals surface area contributed by atoms with Gasteiger partial charge in [0, 0.05) is 9.68 Å². The molecule has 3 rings (SSSR count). The summed E-state index contributed by atoms with van der Waals surface area (Å²) in [6, 6.07) is 7.22. The lowest BCUT2D eigenvalue weighted by Crippen LogP contribution is -2.17. The van der Waals surface area contributed by atoms with Crippen molar-refractivity contribution in [3.05, 3.63) is 46.9 Å². The van der Waals surface area contributed by atoms with E-state index in [1.54, 1.807) is 6.07 Å². The molecular weight excluding hydrogens is 295 g/mol. The minimum absolute atomic E-state index is 0.107. The first-order chi connectivity index (χ1) is 11.1. The minimum atomic E-state index is -2.72. The summed E-state index contributed by atoms with van der Waals surface area (Å²) in [6.07, 6.45) is 0. The topological polar surface area (TPSA) is 63.3 Å². The molecule has 2 heterocycles. The molecule has 1 atom stereocenters. The SMILES string of the molecule is [2H]C([2H])([2H])C(C)(O)c1cc2nnc(-c3ccccc3F)n2nc1Cl. The van der Waals surface area contributed by atoms with Gasteiger partial charge in [-0.15, -0.1) is 10.2 Å². The number of benzene rings is 1. The Morgan fingerprint density at radius 2 is 2.14 bits per heavy atom. The van der Waals surface area contributed by atoms with Crippen molar-refractivity contribution in [2.45, 2.75) is 19.4 Å². The first-order valence-corrected chi connectivity index (χ1v) is 6.40. The van der Waals surface area contributed by atoms with Crippen molar-refractivity contribution < 1.29 is 13.6 Å². The van der Waals surface area contributed by atoms with E-state index in [4.69, 9.17) is 15.7 Å². The van der Waals surface area contributed by atoms with Crippen LogP contribution >= 0.6 is 11.6 Å². The van der Waals surface area contributed by atoms with Crippen molar-refractivity contribution in [1.29, 1.82) is 0 Å². The molecule has 0 radical (unpaired) electrons. The summed E-state index contributed by atoms with van der Waals surface area (Å²) in [5.41, 5.74) is -2.02. The summed E-state index contributed by atoms with van der Waals surface area (Å²) in [7, 11) is 0. The molecule has 0 bridgehead atoms. The van der Waals surface area contributed by atoms with E-state index in [0.29, 0.717) is 0 Å². The van der Waals surface area contributed by atoms with Crippen LogP contribution in [-0.2, 0) is 5.60 Å². The highest BCUT2D eigenvalue weighted by Gasteiger charge is 2.23. The van der Waals surface area contributed by atoms with Crippen molar-refractivity contribution >= 4 is 17.2 Å². The number of halogens is 2. The van der Waals surface area contributed by atoms with Gasteiger partial charge in [-0.25, -0.2) is 4.39 Å². The number of aliphatic hydroxyl groups is 1. The molecule has 0 amide bonds. The van der Waals surface area contributed by atoms with Crippen LogP contribution in [0.1, 0.15) is 23.5 Å². The van der Waals surface area contributed by atoms with Crippen molar-refractivity contribution in [2.75, 3.05) is 0 Å². The maximum absolute atomic E-state index is 13.9. The number of hydrogen-bond donors (Lipinski definition) is 1. The van der Waals surface area contributed by atoms with Crippen LogP contribution in [0.5, 0.6) is 0 Å². The third-order valence-corrected chi connectivity index (χ3v) is 3.27. The van der Waals surface area contributed by atoms with Crippen LogP contribution < -0.4 is 0 Å². The van der Waals surface area contributed by atoms with Crippen molar-refractivity contribution in [2.24, 2.45) is 0 Å². The second-order valence-corrected chi connectivity index (χ2v) is 5.05. The Kier molecular flexibility index (Phi) is 2.41. The Morgan fingerprint density at radius 3 is 2.86 bits per heavy atom. The molecule has 1 aromatic carbocycles. The molecule has 0 fully saturated rings. The molecule has 7 heteroatoms. The lowest BCUT2D eigenvalue weighted by molar-refractivity contribution is 0.0782. The van der Waals surface area contributed by atoms with Gasteiger partial charge >= 0.3 is 0 Å². The molecular formula is C14H12ClFN4O. The number of rotatable bonds is 2. The van der Waals surface area contributed by atoms with E-state index in [1.807, 2.05) is 0 Å². The van der Waals surface area contributed by atoms with E-state index in [1.165, 1.54) is 28.8 Å². The van der Waals surface area contributed by atoms with Gasteiger partial charge in [0.1, 0.15) is 5.82 Å². The highest BCUT2D eigenvalue weighted by atomic mass is 35.5. The Hall–Kier alpha value is -2.05. The third-order valence-electron chi connectivity index (χ3n) is 2.99. The number of hydrogen-bond acceptors (Lipinski definition) is 4. The molecule has 0 aliphatic rings. The molecule has 21 heavy (non-hydrogen) atoms. The van der Waals surface area contributed by atoms with Crippen molar-refractivity contribution in [3.63, 3.8) is 0 Å². The molecule has 0 saturated heterocycles. The predicted molar refractivity (Wildman–Crippen MR) is 76.4 cm³/mol. The summed E-state index contributed by atoms with van der Waals surface area (Å²) in [5.74, 6) is -0.395. The van der Waals surface area contributed by atoms with Crippen LogP contribution in [0.2, 0.25) is 5.15 Å². The van der Waals surface area contributed by atoms with Crippen LogP contribution in [0.15, 0.2) is 30.3 Å². The highest BCUT2D eigenvalue weighted by Crippen LogP contribution is 2.28. The summed E-state index contributed by atoms with van der Waals surface area (Å²) in [4.78, 5) is 0. The first kappa shape index (κ1) is 10.6. The largest absolute Gasteiger partial charge is 0.386 e. The zero-order valence-electron chi connectivity index (χ0n) is 13.9.